The van der Waals surface area contributed by atoms with Gasteiger partial charge in [0.15, 0.2) is 0 Å². The topological polar surface area (TPSA) is 200 Å². The molecule has 1 unspecified atom stereocenters. The van der Waals surface area contributed by atoms with Gasteiger partial charge in [-0.3, -0.25) is 24.5 Å². The summed E-state index contributed by atoms with van der Waals surface area (Å²) in [5.41, 5.74) is 0.617. The van der Waals surface area contributed by atoms with Gasteiger partial charge in [-0.25, -0.2) is 4.79 Å². The third-order valence-electron chi connectivity index (χ3n) is 6.00. The van der Waals surface area contributed by atoms with E-state index < -0.39 is 40.3 Å². The number of anilines is 2. The summed E-state index contributed by atoms with van der Waals surface area (Å²) in [7, 11) is 0. The first kappa shape index (κ1) is 32.2. The summed E-state index contributed by atoms with van der Waals surface area (Å²) in [6.07, 6.45) is 1.16. The number of ether oxygens (including phenoxy) is 1. The van der Waals surface area contributed by atoms with Gasteiger partial charge in [-0.2, -0.15) is 4.68 Å². The van der Waals surface area contributed by atoms with Crippen LogP contribution in [0.15, 0.2) is 73.1 Å². The van der Waals surface area contributed by atoms with E-state index in [1.165, 1.54) is 71.7 Å². The number of carbonyl (C=O) groups is 4. The molecule has 15 nitrogen and oxygen atoms in total. The molecular formula is C29H27ClN8O7. The maximum atomic E-state index is 13.4. The van der Waals surface area contributed by atoms with Crippen LogP contribution >= 0.6 is 11.6 Å². The highest BCUT2D eigenvalue weighted by Crippen LogP contribution is 2.24. The number of nitro groups is 1. The lowest BCUT2D eigenvalue weighted by molar-refractivity contribution is -0.384. The number of benzene rings is 3. The fourth-order valence-electron chi connectivity index (χ4n) is 3.94. The molecule has 1 aromatic heterocycles. The fourth-order valence-corrected chi connectivity index (χ4v) is 4.11. The Morgan fingerprint density at radius 1 is 0.978 bits per heavy atom. The third kappa shape index (κ3) is 8.90. The lowest BCUT2D eigenvalue weighted by Crippen LogP contribution is -2.49. The molecule has 4 aromatic rings. The van der Waals surface area contributed by atoms with Gasteiger partial charge in [0.2, 0.25) is 5.91 Å². The number of carbonyl (C=O) groups excluding carboxylic acids is 4. The SMILES string of the molecule is CC(C)(C)OC(=O)c1ccc(NC(=O)C(Cc2ccc([N+](=O)[O-])cc2)NC(=O)C(=O)Nc2cc(Cl)ccc2-n2cnnn2)cc1. The highest BCUT2D eigenvalue weighted by Gasteiger charge is 2.26. The van der Waals surface area contributed by atoms with E-state index in [1.807, 2.05) is 0 Å². The van der Waals surface area contributed by atoms with E-state index in [0.717, 1.165) is 0 Å². The normalized spacial score (nSPS) is 11.6. The van der Waals surface area contributed by atoms with Crippen molar-refractivity contribution >= 4 is 52.4 Å². The molecule has 16 heteroatoms. The van der Waals surface area contributed by atoms with Crippen LogP contribution < -0.4 is 16.0 Å². The highest BCUT2D eigenvalue weighted by molar-refractivity contribution is 6.40. The molecule has 232 valence electrons. The number of nitrogens with zero attached hydrogens (tertiary/aromatic N) is 5. The van der Waals surface area contributed by atoms with E-state index in [4.69, 9.17) is 16.3 Å². The maximum Gasteiger partial charge on any atom is 0.338 e. The largest absolute Gasteiger partial charge is 0.456 e. The summed E-state index contributed by atoms with van der Waals surface area (Å²) >= 11 is 6.09. The van der Waals surface area contributed by atoms with Crippen molar-refractivity contribution in [1.82, 2.24) is 25.5 Å². The predicted octanol–water partition coefficient (Wildman–Crippen LogP) is 3.48. The lowest BCUT2D eigenvalue weighted by atomic mass is 10.0. The number of esters is 1. The third-order valence-corrected chi connectivity index (χ3v) is 6.24. The number of nitrogens with one attached hydrogen (secondary N) is 3. The Hall–Kier alpha value is -5.70. The van der Waals surface area contributed by atoms with Crippen molar-refractivity contribution in [2.24, 2.45) is 0 Å². The molecule has 1 heterocycles. The van der Waals surface area contributed by atoms with Gasteiger partial charge in [0.25, 0.3) is 5.69 Å². The highest BCUT2D eigenvalue weighted by atomic mass is 35.5. The Morgan fingerprint density at radius 3 is 2.27 bits per heavy atom. The summed E-state index contributed by atoms with van der Waals surface area (Å²) in [5.74, 6) is -3.51. The summed E-state index contributed by atoms with van der Waals surface area (Å²) in [6, 6.07) is 14.5. The van der Waals surface area contributed by atoms with Crippen LogP contribution in [-0.2, 0) is 25.5 Å². The first-order valence-electron chi connectivity index (χ1n) is 13.3. The molecule has 0 aliphatic carbocycles. The van der Waals surface area contributed by atoms with Crippen LogP contribution in [0.5, 0.6) is 0 Å². The predicted molar refractivity (Wildman–Crippen MR) is 162 cm³/mol. The van der Waals surface area contributed by atoms with Gasteiger partial charge in [-0.05, 0) is 79.2 Å². The Bertz CT molecular complexity index is 1720. The minimum Gasteiger partial charge on any atom is -0.456 e. The average molecular weight is 635 g/mol. The monoisotopic (exact) mass is 634 g/mol. The minimum atomic E-state index is -1.30. The van der Waals surface area contributed by atoms with Crippen LogP contribution in [0.25, 0.3) is 5.69 Å². The number of tetrazole rings is 1. The Morgan fingerprint density at radius 2 is 1.67 bits per heavy atom. The number of rotatable bonds is 9. The molecule has 3 N–H and O–H groups in total. The molecular weight excluding hydrogens is 608 g/mol. The summed E-state index contributed by atoms with van der Waals surface area (Å²) < 4.78 is 6.60. The van der Waals surface area contributed by atoms with Crippen molar-refractivity contribution in [2.45, 2.75) is 38.8 Å². The smallest absolute Gasteiger partial charge is 0.338 e. The molecule has 0 spiro atoms. The molecule has 0 aliphatic heterocycles. The summed E-state index contributed by atoms with van der Waals surface area (Å²) in [6.45, 7) is 5.21. The van der Waals surface area contributed by atoms with Crippen LogP contribution in [0.4, 0.5) is 17.1 Å². The van der Waals surface area contributed by atoms with Crippen molar-refractivity contribution in [3.8, 4) is 5.69 Å². The van der Waals surface area contributed by atoms with Crippen LogP contribution in [0.1, 0.15) is 36.7 Å². The van der Waals surface area contributed by atoms with Crippen molar-refractivity contribution in [2.75, 3.05) is 10.6 Å². The van der Waals surface area contributed by atoms with Crippen molar-refractivity contribution < 1.29 is 28.8 Å². The van der Waals surface area contributed by atoms with Crippen LogP contribution in [0.3, 0.4) is 0 Å². The number of hydrogen-bond acceptors (Lipinski definition) is 10. The van der Waals surface area contributed by atoms with Gasteiger partial charge >= 0.3 is 17.8 Å². The fraction of sp³-hybridized carbons (Fsp3) is 0.207. The summed E-state index contributed by atoms with van der Waals surface area (Å²) in [5, 5.41) is 29.7. The van der Waals surface area contributed by atoms with E-state index in [9.17, 15) is 29.3 Å². The second-order valence-electron chi connectivity index (χ2n) is 10.6. The Kier molecular flexibility index (Phi) is 9.83. The molecule has 45 heavy (non-hydrogen) atoms. The zero-order valence-electron chi connectivity index (χ0n) is 24.2. The lowest BCUT2D eigenvalue weighted by Gasteiger charge is -2.20. The minimum absolute atomic E-state index is 0.119. The molecule has 0 aliphatic rings. The molecule has 4 rings (SSSR count). The average Bonchev–Trinajstić information content (AvgIpc) is 3.51. The van der Waals surface area contributed by atoms with Gasteiger partial charge in [0, 0.05) is 29.3 Å². The number of non-ortho nitro benzene ring substituents is 1. The number of hydrogen-bond donors (Lipinski definition) is 3. The standard InChI is InChI=1S/C29H27ClN8O7/c1-29(2,3)45-28(42)18-6-9-20(10-7-18)32-25(39)23(14-17-4-11-21(12-5-17)38(43)44)34-27(41)26(40)33-22-15-19(30)8-13-24(22)37-16-31-35-36-37/h4-13,15-16,23H,14H2,1-3H3,(H,32,39)(H,33,40)(H,34,41). The van der Waals surface area contributed by atoms with Crippen molar-refractivity contribution in [3.63, 3.8) is 0 Å². The second-order valence-corrected chi connectivity index (χ2v) is 11.0. The van der Waals surface area contributed by atoms with Crippen LogP contribution in [0, 0.1) is 10.1 Å². The zero-order valence-corrected chi connectivity index (χ0v) is 24.9. The first-order valence-corrected chi connectivity index (χ1v) is 13.7. The zero-order chi connectivity index (χ0) is 32.7. The molecule has 0 fully saturated rings. The molecule has 3 aromatic carbocycles. The van der Waals surface area contributed by atoms with Crippen molar-refractivity contribution in [1.29, 1.82) is 0 Å². The molecule has 0 bridgehead atoms. The van der Waals surface area contributed by atoms with E-state index in [1.54, 1.807) is 26.8 Å². The molecule has 0 radical (unpaired) electrons. The van der Waals surface area contributed by atoms with Gasteiger partial charge in [0.1, 0.15) is 18.0 Å². The maximum absolute atomic E-state index is 13.4. The van der Waals surface area contributed by atoms with E-state index in [-0.39, 0.29) is 28.4 Å². The van der Waals surface area contributed by atoms with E-state index in [0.29, 0.717) is 16.9 Å². The van der Waals surface area contributed by atoms with Gasteiger partial charge < -0.3 is 20.7 Å². The quantitative estimate of drug-likeness (QED) is 0.106. The number of amides is 3. The molecule has 1 atom stereocenters. The van der Waals surface area contributed by atoms with Crippen LogP contribution in [-0.4, -0.2) is 60.5 Å². The van der Waals surface area contributed by atoms with Gasteiger partial charge in [0.05, 0.1) is 21.9 Å². The molecule has 0 saturated carbocycles. The second kappa shape index (κ2) is 13.7. The molecule has 3 amide bonds. The summed E-state index contributed by atoms with van der Waals surface area (Å²) in [4.78, 5) is 62.2. The van der Waals surface area contributed by atoms with Crippen LogP contribution in [0.2, 0.25) is 5.02 Å². The first-order chi connectivity index (χ1) is 21.3. The van der Waals surface area contributed by atoms with E-state index >= 15 is 0 Å². The van der Waals surface area contributed by atoms with Gasteiger partial charge in [-0.15, -0.1) is 5.10 Å². The van der Waals surface area contributed by atoms with E-state index in [2.05, 4.69) is 31.5 Å². The Balaban J connectivity index is 1.52. The number of aromatic nitrogens is 4. The van der Waals surface area contributed by atoms with Gasteiger partial charge in [-0.1, -0.05) is 23.7 Å². The molecule has 0 saturated heterocycles. The van der Waals surface area contributed by atoms with Crippen molar-refractivity contribution in [3.05, 3.63) is 99.3 Å². The number of halogens is 1. The number of nitro benzene ring substituents is 1. The Labute approximate surface area is 261 Å².